The van der Waals surface area contributed by atoms with Crippen molar-refractivity contribution in [2.24, 2.45) is 17.6 Å². The molecule has 0 bridgehead atoms. The quantitative estimate of drug-likeness (QED) is 0.114. The van der Waals surface area contributed by atoms with Crippen molar-refractivity contribution in [2.75, 3.05) is 11.4 Å². The Morgan fingerprint density at radius 3 is 2.28 bits per heavy atom. The summed E-state index contributed by atoms with van der Waals surface area (Å²) in [4.78, 5) is 66.1. The number of H-pyrrole nitrogens is 3. The lowest BCUT2D eigenvalue weighted by molar-refractivity contribution is -0.130. The fraction of sp³-hybridized carbons (Fsp3) is 0.410. The first-order valence-electron chi connectivity index (χ1n) is 17.9. The van der Waals surface area contributed by atoms with Crippen LogP contribution in [0, 0.1) is 23.5 Å². The summed E-state index contributed by atoms with van der Waals surface area (Å²) in [5.74, 6) is -2.83. The topological polar surface area (TPSA) is 179 Å². The minimum Gasteiger partial charge on any atom is -0.444 e. The van der Waals surface area contributed by atoms with Crippen LogP contribution in [0.25, 0.3) is 33.2 Å². The van der Waals surface area contributed by atoms with Gasteiger partial charge in [-0.25, -0.2) is 28.3 Å². The van der Waals surface area contributed by atoms with Crippen molar-refractivity contribution in [3.8, 4) is 11.1 Å². The summed E-state index contributed by atoms with van der Waals surface area (Å²) in [6, 6.07) is 11.8. The third-order valence-electron chi connectivity index (χ3n) is 9.59. The van der Waals surface area contributed by atoms with Gasteiger partial charge in [0, 0.05) is 23.9 Å². The Bertz CT molecular complexity index is 2210. The zero-order valence-electron chi connectivity index (χ0n) is 30.4. The summed E-state index contributed by atoms with van der Waals surface area (Å²) in [6.07, 6.45) is 1.89. The monoisotopic (exact) mass is 729 g/mol. The minimum absolute atomic E-state index is 0.00104. The Morgan fingerprint density at radius 1 is 0.943 bits per heavy atom. The number of ether oxygens (including phenoxy) is 1. The van der Waals surface area contributed by atoms with Gasteiger partial charge in [-0.05, 0) is 94.2 Å². The van der Waals surface area contributed by atoms with E-state index in [1.807, 2.05) is 13.8 Å². The van der Waals surface area contributed by atoms with Crippen molar-refractivity contribution in [1.29, 1.82) is 0 Å². The number of halogens is 2. The summed E-state index contributed by atoms with van der Waals surface area (Å²) < 4.78 is 35.5. The van der Waals surface area contributed by atoms with Crippen LogP contribution in [0.5, 0.6) is 0 Å². The van der Waals surface area contributed by atoms with Gasteiger partial charge in [0.05, 0.1) is 28.3 Å². The van der Waals surface area contributed by atoms with E-state index in [0.29, 0.717) is 65.7 Å². The molecule has 2 aromatic heterocycles. The third kappa shape index (κ3) is 8.32. The molecule has 1 saturated carbocycles. The zero-order valence-corrected chi connectivity index (χ0v) is 30.4. The van der Waals surface area contributed by atoms with Crippen LogP contribution >= 0.6 is 0 Å². The molecule has 2 heterocycles. The Balaban J connectivity index is 1.18. The van der Waals surface area contributed by atoms with Gasteiger partial charge in [0.2, 0.25) is 5.91 Å². The first-order chi connectivity index (χ1) is 25.1. The lowest BCUT2D eigenvalue weighted by Crippen LogP contribution is -2.50. The maximum absolute atomic E-state index is 15.2. The van der Waals surface area contributed by atoms with E-state index in [2.05, 4.69) is 25.3 Å². The normalized spacial score (nSPS) is 16.9. The fourth-order valence-electron chi connectivity index (χ4n) is 6.78. The molecule has 14 heteroatoms. The Kier molecular flexibility index (Phi) is 10.5. The number of nitrogens with one attached hydrogen (secondary N) is 4. The number of alkyl carbamates (subject to hydrolysis) is 1. The van der Waals surface area contributed by atoms with Crippen LogP contribution in [0.2, 0.25) is 0 Å². The van der Waals surface area contributed by atoms with Crippen LogP contribution < -0.4 is 21.6 Å². The highest BCUT2D eigenvalue weighted by Crippen LogP contribution is 2.33. The van der Waals surface area contributed by atoms with E-state index in [9.17, 15) is 19.2 Å². The fourth-order valence-corrected chi connectivity index (χ4v) is 6.78. The van der Waals surface area contributed by atoms with Gasteiger partial charge in [-0.1, -0.05) is 38.1 Å². The maximum atomic E-state index is 15.2. The number of fused-ring (bicyclic) bond motifs is 2. The number of carbonyl (C=O) groups excluding carboxylic acids is 3. The second kappa shape index (κ2) is 14.9. The average Bonchev–Trinajstić information content (AvgIpc) is 3.72. The number of benzene rings is 3. The number of hydrogen-bond donors (Lipinski definition) is 5. The van der Waals surface area contributed by atoms with E-state index >= 15 is 8.78 Å². The van der Waals surface area contributed by atoms with Crippen molar-refractivity contribution in [3.63, 3.8) is 0 Å². The first kappa shape index (κ1) is 37.4. The molecule has 1 atom stereocenters. The van der Waals surface area contributed by atoms with E-state index in [0.717, 1.165) is 4.90 Å². The minimum atomic E-state index is -1.13. The summed E-state index contributed by atoms with van der Waals surface area (Å²) >= 11 is 0. The average molecular weight is 730 g/mol. The van der Waals surface area contributed by atoms with Crippen molar-refractivity contribution in [2.45, 2.75) is 84.3 Å². The molecular weight excluding hydrogens is 684 g/mol. The van der Waals surface area contributed by atoms with Crippen LogP contribution in [-0.4, -0.2) is 56.0 Å². The predicted octanol–water partition coefficient (Wildman–Crippen LogP) is 6.56. The Labute approximate surface area is 304 Å². The predicted molar refractivity (Wildman–Crippen MR) is 198 cm³/mol. The molecule has 0 radical (unpaired) electrons. The first-order valence-corrected chi connectivity index (χ1v) is 17.9. The second-order valence-corrected chi connectivity index (χ2v) is 15.2. The van der Waals surface area contributed by atoms with Gasteiger partial charge in [0.15, 0.2) is 11.6 Å². The molecule has 0 spiro atoms. The number of hydrogen-bond acceptors (Lipinski definition) is 7. The number of nitrogens with zero attached hydrogens (tertiary/aromatic N) is 2. The number of imidazole rings is 2. The molecule has 1 aliphatic carbocycles. The SMILES string of the molecule is CC(C)c1nc2c(F)c(F)c(-c3ccc(C[C@H](N)C(=O)N(C(=O)C4CCC(CNC(=O)OC(C)(C)C)CC4)c4ccc5[nH]c(=O)[nH]c5c4)cc3)cc2[nH]1. The smallest absolute Gasteiger partial charge is 0.407 e. The molecule has 6 rings (SSSR count). The van der Waals surface area contributed by atoms with E-state index in [1.165, 1.54) is 6.07 Å². The Morgan fingerprint density at radius 2 is 1.62 bits per heavy atom. The van der Waals surface area contributed by atoms with Crippen LogP contribution in [0.15, 0.2) is 53.3 Å². The van der Waals surface area contributed by atoms with Crippen LogP contribution in [-0.2, 0) is 20.7 Å². The summed E-state index contributed by atoms with van der Waals surface area (Å²) in [5.41, 5.74) is 8.16. The summed E-state index contributed by atoms with van der Waals surface area (Å²) in [6.45, 7) is 9.60. The highest BCUT2D eigenvalue weighted by molar-refractivity contribution is 6.17. The molecule has 6 N–H and O–H groups in total. The van der Waals surface area contributed by atoms with E-state index in [4.69, 9.17) is 10.5 Å². The molecule has 5 aromatic rings. The highest BCUT2D eigenvalue weighted by atomic mass is 19.2. The highest BCUT2D eigenvalue weighted by Gasteiger charge is 2.36. The molecule has 0 saturated heterocycles. The van der Waals surface area contributed by atoms with Crippen LogP contribution in [0.3, 0.4) is 0 Å². The molecule has 1 aliphatic rings. The van der Waals surface area contributed by atoms with Gasteiger partial charge < -0.3 is 30.7 Å². The largest absolute Gasteiger partial charge is 0.444 e. The van der Waals surface area contributed by atoms with Gasteiger partial charge in [-0.3, -0.25) is 9.59 Å². The molecule has 280 valence electrons. The maximum Gasteiger partial charge on any atom is 0.407 e. The second-order valence-electron chi connectivity index (χ2n) is 15.2. The molecule has 3 amide bonds. The Hall–Kier alpha value is -5.37. The molecule has 3 aromatic carbocycles. The molecular formula is C39H45F2N7O5. The summed E-state index contributed by atoms with van der Waals surface area (Å²) in [5, 5.41) is 2.81. The molecule has 0 unspecified atom stereocenters. The number of rotatable bonds is 9. The zero-order chi connectivity index (χ0) is 38.2. The van der Waals surface area contributed by atoms with Gasteiger partial charge >= 0.3 is 11.8 Å². The molecule has 0 aliphatic heterocycles. The van der Waals surface area contributed by atoms with Crippen LogP contribution in [0.1, 0.15) is 77.6 Å². The van der Waals surface area contributed by atoms with E-state index in [1.54, 1.807) is 63.2 Å². The number of imide groups is 1. The molecule has 12 nitrogen and oxygen atoms in total. The van der Waals surface area contributed by atoms with Gasteiger partial charge in [-0.2, -0.15) is 0 Å². The number of aromatic nitrogens is 4. The van der Waals surface area contributed by atoms with Gasteiger partial charge in [-0.15, -0.1) is 0 Å². The number of aromatic amines is 3. The summed E-state index contributed by atoms with van der Waals surface area (Å²) in [7, 11) is 0. The van der Waals surface area contributed by atoms with Crippen LogP contribution in [0.4, 0.5) is 19.3 Å². The number of nitrogens with two attached hydrogens (primary N) is 1. The lowest BCUT2D eigenvalue weighted by Gasteiger charge is -2.32. The van der Waals surface area contributed by atoms with Crippen molar-refractivity contribution >= 4 is 45.7 Å². The van der Waals surface area contributed by atoms with Crippen molar-refractivity contribution in [1.82, 2.24) is 25.3 Å². The van der Waals surface area contributed by atoms with E-state index < -0.39 is 52.8 Å². The van der Waals surface area contributed by atoms with Crippen molar-refractivity contribution in [3.05, 3.63) is 82.0 Å². The number of carbonyl (C=O) groups is 3. The number of anilines is 1. The molecule has 53 heavy (non-hydrogen) atoms. The van der Waals surface area contributed by atoms with Gasteiger partial charge in [0.1, 0.15) is 16.9 Å². The standard InChI is InChI=1S/C39H45F2N7O5/c1-20(2)34-44-30-18-26(31(40)32(41)33(30)47-34)23-10-6-21(7-11-23)16-27(42)36(50)48(25-14-15-28-29(17-25)46-37(51)45-28)35(49)24-12-8-22(9-13-24)19-43-38(52)53-39(3,4)5/h6-7,10-11,14-15,17-18,20,22,24,27H,8-9,12-13,16,19,42H2,1-5H3,(H,43,52)(H,44,47)(H2,45,46,51)/t22?,24?,27-/m0/s1. The van der Waals surface area contributed by atoms with Crippen molar-refractivity contribution < 1.29 is 27.9 Å². The van der Waals surface area contributed by atoms with E-state index in [-0.39, 0.29) is 35.0 Å². The number of amides is 3. The lowest BCUT2D eigenvalue weighted by atomic mass is 9.81. The van der Waals surface area contributed by atoms with Gasteiger partial charge in [0.25, 0.3) is 5.91 Å². The third-order valence-corrected chi connectivity index (χ3v) is 9.59. The molecule has 1 fully saturated rings.